The second kappa shape index (κ2) is 7.62. The van der Waals surface area contributed by atoms with Crippen LogP contribution in [-0.4, -0.2) is 45.9 Å². The maximum Gasteiger partial charge on any atom is 0.223 e. The average Bonchev–Trinajstić information content (AvgIpc) is 2.88. The molecule has 6 heteroatoms. The minimum atomic E-state index is 0.0252. The second-order valence-electron chi connectivity index (χ2n) is 6.60. The molecular weight excluding hydrogens is 292 g/mol. The van der Waals surface area contributed by atoms with E-state index in [9.17, 15) is 9.59 Å². The molecule has 0 spiro atoms. The largest absolute Gasteiger partial charge is 0.355 e. The molecule has 0 saturated carbocycles. The van der Waals surface area contributed by atoms with E-state index < -0.39 is 0 Å². The van der Waals surface area contributed by atoms with Gasteiger partial charge in [-0.1, -0.05) is 0 Å². The average molecular weight is 320 g/mol. The molecule has 2 amide bonds. The van der Waals surface area contributed by atoms with Crippen molar-refractivity contribution in [2.24, 2.45) is 5.92 Å². The molecule has 6 nitrogen and oxygen atoms in total. The van der Waals surface area contributed by atoms with Crippen LogP contribution in [-0.2, 0) is 16.0 Å². The van der Waals surface area contributed by atoms with Crippen LogP contribution in [0.15, 0.2) is 6.20 Å². The van der Waals surface area contributed by atoms with Gasteiger partial charge in [0.15, 0.2) is 0 Å². The first-order valence-corrected chi connectivity index (χ1v) is 8.46. The van der Waals surface area contributed by atoms with Crippen molar-refractivity contribution in [3.8, 4) is 0 Å². The molecule has 0 aliphatic carbocycles. The van der Waals surface area contributed by atoms with E-state index in [2.05, 4.69) is 35.6 Å². The molecule has 0 aromatic carbocycles. The number of nitrogens with zero attached hydrogens (tertiary/aromatic N) is 3. The van der Waals surface area contributed by atoms with Gasteiger partial charge in [0.05, 0.1) is 0 Å². The highest BCUT2D eigenvalue weighted by Crippen LogP contribution is 2.17. The summed E-state index contributed by atoms with van der Waals surface area (Å²) in [5, 5.41) is 3.02. The van der Waals surface area contributed by atoms with E-state index in [1.54, 1.807) is 6.92 Å². The van der Waals surface area contributed by atoms with Gasteiger partial charge in [-0.05, 0) is 33.6 Å². The highest BCUT2D eigenvalue weighted by molar-refractivity contribution is 5.79. The lowest BCUT2D eigenvalue weighted by molar-refractivity contribution is -0.133. The monoisotopic (exact) mass is 320 g/mol. The molecule has 1 aliphatic heterocycles. The van der Waals surface area contributed by atoms with Crippen LogP contribution in [0.4, 0.5) is 0 Å². The molecule has 1 saturated heterocycles. The fraction of sp³-hybridized carbons (Fsp3) is 0.706. The lowest BCUT2D eigenvalue weighted by Crippen LogP contribution is -2.42. The summed E-state index contributed by atoms with van der Waals surface area (Å²) in [5.41, 5.74) is 1.15. The summed E-state index contributed by atoms with van der Waals surface area (Å²) in [7, 11) is 0. The van der Waals surface area contributed by atoms with E-state index in [-0.39, 0.29) is 17.7 Å². The number of likely N-dealkylation sites (tertiary alicyclic amines) is 1. The number of aromatic nitrogens is 2. The number of nitrogens with one attached hydrogen (secondary N) is 1. The van der Waals surface area contributed by atoms with Gasteiger partial charge in [0.2, 0.25) is 11.8 Å². The molecule has 0 radical (unpaired) electrons. The van der Waals surface area contributed by atoms with E-state index in [4.69, 9.17) is 0 Å². The number of carbonyl (C=O) groups excluding carboxylic acids is 2. The number of hydrogen-bond acceptors (Lipinski definition) is 3. The summed E-state index contributed by atoms with van der Waals surface area (Å²) in [5.74, 6) is 1.24. The van der Waals surface area contributed by atoms with Crippen molar-refractivity contribution in [1.29, 1.82) is 0 Å². The molecule has 1 aromatic heterocycles. The molecule has 1 N–H and O–H groups in total. The summed E-state index contributed by atoms with van der Waals surface area (Å²) >= 11 is 0. The Kier molecular flexibility index (Phi) is 5.80. The van der Waals surface area contributed by atoms with Crippen molar-refractivity contribution in [3.05, 3.63) is 17.7 Å². The number of piperidine rings is 1. The van der Waals surface area contributed by atoms with Crippen molar-refractivity contribution in [1.82, 2.24) is 19.8 Å². The summed E-state index contributed by atoms with van der Waals surface area (Å²) in [6, 6.07) is 0.374. The topological polar surface area (TPSA) is 67.2 Å². The van der Waals surface area contributed by atoms with Crippen LogP contribution < -0.4 is 5.32 Å². The fourth-order valence-electron chi connectivity index (χ4n) is 3.28. The molecule has 0 atom stereocenters. The van der Waals surface area contributed by atoms with Gasteiger partial charge >= 0.3 is 0 Å². The molecule has 1 aromatic rings. The number of imidazole rings is 1. The number of hydrogen-bond donors (Lipinski definition) is 1. The van der Waals surface area contributed by atoms with Crippen LogP contribution in [0.25, 0.3) is 0 Å². The minimum absolute atomic E-state index is 0.0252. The van der Waals surface area contributed by atoms with E-state index in [1.807, 2.05) is 11.1 Å². The third-order valence-corrected chi connectivity index (χ3v) is 4.53. The quantitative estimate of drug-likeness (QED) is 0.898. The number of rotatable bonds is 5. The first-order valence-electron chi connectivity index (χ1n) is 8.46. The Labute approximate surface area is 138 Å². The van der Waals surface area contributed by atoms with Gasteiger partial charge in [-0.15, -0.1) is 0 Å². The van der Waals surface area contributed by atoms with Crippen molar-refractivity contribution >= 4 is 11.8 Å². The number of amides is 2. The summed E-state index contributed by atoms with van der Waals surface area (Å²) in [4.78, 5) is 29.8. The molecule has 1 fully saturated rings. The zero-order valence-corrected chi connectivity index (χ0v) is 14.6. The highest BCUT2D eigenvalue weighted by Gasteiger charge is 2.25. The van der Waals surface area contributed by atoms with Gasteiger partial charge in [-0.3, -0.25) is 9.59 Å². The zero-order chi connectivity index (χ0) is 17.0. The molecule has 2 rings (SSSR count). The van der Waals surface area contributed by atoms with Gasteiger partial charge < -0.3 is 14.8 Å². The Hall–Kier alpha value is -1.85. The zero-order valence-electron chi connectivity index (χ0n) is 14.6. The molecule has 0 bridgehead atoms. The Balaban J connectivity index is 1.79. The highest BCUT2D eigenvalue weighted by atomic mass is 16.2. The first-order chi connectivity index (χ1) is 10.9. The number of carbonyl (C=O) groups is 2. The Bertz CT molecular complexity index is 557. The molecule has 2 heterocycles. The Morgan fingerprint density at radius 1 is 1.35 bits per heavy atom. The first kappa shape index (κ1) is 17.5. The lowest BCUT2D eigenvalue weighted by Gasteiger charge is -2.30. The van der Waals surface area contributed by atoms with Crippen LogP contribution in [0.1, 0.15) is 51.2 Å². The lowest BCUT2D eigenvalue weighted by atomic mass is 9.96. The van der Waals surface area contributed by atoms with Gasteiger partial charge in [-0.25, -0.2) is 4.98 Å². The van der Waals surface area contributed by atoms with E-state index in [0.717, 1.165) is 30.8 Å². The molecule has 23 heavy (non-hydrogen) atoms. The van der Waals surface area contributed by atoms with E-state index in [0.29, 0.717) is 25.7 Å². The van der Waals surface area contributed by atoms with Crippen molar-refractivity contribution in [3.63, 3.8) is 0 Å². The third-order valence-electron chi connectivity index (χ3n) is 4.53. The van der Waals surface area contributed by atoms with E-state index >= 15 is 0 Å². The van der Waals surface area contributed by atoms with Gasteiger partial charge in [0.1, 0.15) is 5.82 Å². The van der Waals surface area contributed by atoms with Gasteiger partial charge in [0, 0.05) is 56.8 Å². The Morgan fingerprint density at radius 3 is 2.57 bits per heavy atom. The standard InChI is InChI=1S/C17H28N4O2/c1-12(2)21-13(3)11-19-16(21)5-8-18-17(23)15-6-9-20(10-7-15)14(4)22/h11-12,15H,5-10H2,1-4H3,(H,18,23). The summed E-state index contributed by atoms with van der Waals surface area (Å²) in [6.45, 7) is 9.89. The minimum Gasteiger partial charge on any atom is -0.355 e. The predicted molar refractivity (Wildman–Crippen MR) is 89.0 cm³/mol. The normalized spacial score (nSPS) is 16.0. The summed E-state index contributed by atoms with van der Waals surface area (Å²) in [6.07, 6.45) is 4.13. The van der Waals surface area contributed by atoms with Crippen LogP contribution in [0.2, 0.25) is 0 Å². The molecule has 1 aliphatic rings. The molecule has 0 unspecified atom stereocenters. The predicted octanol–water partition coefficient (Wildman–Crippen LogP) is 1.69. The van der Waals surface area contributed by atoms with Crippen molar-refractivity contribution in [2.75, 3.05) is 19.6 Å². The third kappa shape index (κ3) is 4.33. The van der Waals surface area contributed by atoms with Crippen LogP contribution in [0, 0.1) is 12.8 Å². The maximum atomic E-state index is 12.2. The van der Waals surface area contributed by atoms with Crippen LogP contribution >= 0.6 is 0 Å². The SMILES string of the molecule is CC(=O)N1CCC(C(=O)NCCc2ncc(C)n2C(C)C)CC1. The van der Waals surface area contributed by atoms with Crippen molar-refractivity contribution < 1.29 is 9.59 Å². The smallest absolute Gasteiger partial charge is 0.223 e. The summed E-state index contributed by atoms with van der Waals surface area (Å²) < 4.78 is 2.21. The number of aryl methyl sites for hydroxylation is 1. The van der Waals surface area contributed by atoms with Crippen molar-refractivity contribution in [2.45, 2.75) is 53.0 Å². The molecular formula is C17H28N4O2. The van der Waals surface area contributed by atoms with Gasteiger partial charge in [-0.2, -0.15) is 0 Å². The van der Waals surface area contributed by atoms with Crippen LogP contribution in [0.3, 0.4) is 0 Å². The molecule has 128 valence electrons. The Morgan fingerprint density at radius 2 is 2.00 bits per heavy atom. The maximum absolute atomic E-state index is 12.2. The van der Waals surface area contributed by atoms with Gasteiger partial charge in [0.25, 0.3) is 0 Å². The van der Waals surface area contributed by atoms with Crippen LogP contribution in [0.5, 0.6) is 0 Å². The van der Waals surface area contributed by atoms with E-state index in [1.165, 1.54) is 0 Å². The fourth-order valence-corrected chi connectivity index (χ4v) is 3.28. The second-order valence-corrected chi connectivity index (χ2v) is 6.60.